The fraction of sp³-hybridized carbons (Fsp3) is 0.308. The lowest BCUT2D eigenvalue weighted by Crippen LogP contribution is -2.12. The molecule has 1 aromatic carbocycles. The Morgan fingerprint density at radius 1 is 1.48 bits per heavy atom. The monoisotopic (exact) mass is 405 g/mol. The first-order valence-electron chi connectivity index (χ1n) is 6.33. The van der Waals surface area contributed by atoms with Crippen molar-refractivity contribution in [3.63, 3.8) is 0 Å². The Hall–Kier alpha value is -0.630. The van der Waals surface area contributed by atoms with Crippen LogP contribution in [0.25, 0.3) is 0 Å². The van der Waals surface area contributed by atoms with E-state index in [-0.39, 0.29) is 5.91 Å². The summed E-state index contributed by atoms with van der Waals surface area (Å²) in [6.07, 6.45) is 2.29. The predicted molar refractivity (Wildman–Crippen MR) is 92.6 cm³/mol. The van der Waals surface area contributed by atoms with Crippen molar-refractivity contribution in [2.75, 3.05) is 11.1 Å². The number of rotatable bonds is 6. The van der Waals surface area contributed by atoms with Crippen molar-refractivity contribution in [3.8, 4) is 0 Å². The van der Waals surface area contributed by atoms with E-state index >= 15 is 0 Å². The smallest absolute Gasteiger partial charge is 0.259 e. The first-order valence-corrected chi connectivity index (χ1v) is 9.30. The summed E-state index contributed by atoms with van der Waals surface area (Å²) in [4.78, 5) is 12.2. The number of halogens is 2. The zero-order valence-corrected chi connectivity index (χ0v) is 15.2. The van der Waals surface area contributed by atoms with Gasteiger partial charge >= 0.3 is 0 Å². The van der Waals surface area contributed by atoms with Crippen LogP contribution < -0.4 is 5.32 Å². The molecule has 21 heavy (non-hydrogen) atoms. The average Bonchev–Trinajstić information content (AvgIpc) is 2.89. The molecule has 0 atom stereocenters. The van der Waals surface area contributed by atoms with Gasteiger partial charge in [0.05, 0.1) is 10.6 Å². The van der Waals surface area contributed by atoms with E-state index in [0.717, 1.165) is 27.4 Å². The number of thioether (sulfide) groups is 1. The molecule has 4 nitrogen and oxygen atoms in total. The zero-order chi connectivity index (χ0) is 15.2. The third kappa shape index (κ3) is 4.95. The van der Waals surface area contributed by atoms with Crippen molar-refractivity contribution in [3.05, 3.63) is 33.3 Å². The number of nitrogens with zero attached hydrogens (tertiary/aromatic N) is 2. The largest absolute Gasteiger partial charge is 0.296 e. The molecule has 0 saturated carbocycles. The van der Waals surface area contributed by atoms with Gasteiger partial charge in [0.25, 0.3) is 5.91 Å². The number of nitrogens with one attached hydrogen (secondary N) is 1. The van der Waals surface area contributed by atoms with Crippen LogP contribution in [0.4, 0.5) is 5.13 Å². The van der Waals surface area contributed by atoms with Crippen LogP contribution in [0.5, 0.6) is 0 Å². The lowest BCUT2D eigenvalue weighted by atomic mass is 10.2. The van der Waals surface area contributed by atoms with Crippen LogP contribution in [-0.2, 0) is 0 Å². The molecule has 0 bridgehead atoms. The number of unbranched alkanes of at least 4 members (excludes halogenated alkanes) is 1. The van der Waals surface area contributed by atoms with Crippen LogP contribution in [0.15, 0.2) is 27.0 Å². The molecule has 0 saturated heterocycles. The van der Waals surface area contributed by atoms with Crippen molar-refractivity contribution < 1.29 is 4.79 Å². The van der Waals surface area contributed by atoms with Crippen LogP contribution >= 0.6 is 50.6 Å². The second-order valence-corrected chi connectivity index (χ2v) is 7.80. The highest BCUT2D eigenvalue weighted by Crippen LogP contribution is 2.27. The number of carbonyl (C=O) groups is 1. The van der Waals surface area contributed by atoms with Crippen LogP contribution in [0, 0.1) is 0 Å². The van der Waals surface area contributed by atoms with Gasteiger partial charge in [0, 0.05) is 10.2 Å². The van der Waals surface area contributed by atoms with Crippen LogP contribution in [-0.4, -0.2) is 21.9 Å². The third-order valence-corrected chi connectivity index (χ3v) is 5.40. The van der Waals surface area contributed by atoms with Crippen LogP contribution in [0.1, 0.15) is 30.1 Å². The normalized spacial score (nSPS) is 10.6. The maximum Gasteiger partial charge on any atom is 0.259 e. The Morgan fingerprint density at radius 2 is 2.29 bits per heavy atom. The molecule has 1 N–H and O–H groups in total. The minimum atomic E-state index is -0.289. The first-order chi connectivity index (χ1) is 10.1. The summed E-state index contributed by atoms with van der Waals surface area (Å²) in [6, 6.07) is 5.13. The van der Waals surface area contributed by atoms with Crippen LogP contribution in [0.3, 0.4) is 0 Å². The first kappa shape index (κ1) is 16.7. The van der Waals surface area contributed by atoms with E-state index in [0.29, 0.717) is 15.7 Å². The van der Waals surface area contributed by atoms with E-state index in [1.54, 1.807) is 30.0 Å². The third-order valence-electron chi connectivity index (χ3n) is 2.52. The molecule has 1 heterocycles. The van der Waals surface area contributed by atoms with Gasteiger partial charge in [-0.3, -0.25) is 10.1 Å². The molecular weight excluding hydrogens is 394 g/mol. The predicted octanol–water partition coefficient (Wildman–Crippen LogP) is 5.10. The van der Waals surface area contributed by atoms with E-state index in [2.05, 4.69) is 38.4 Å². The molecule has 112 valence electrons. The van der Waals surface area contributed by atoms with E-state index in [1.165, 1.54) is 11.3 Å². The van der Waals surface area contributed by atoms with Gasteiger partial charge in [0.2, 0.25) is 5.13 Å². The van der Waals surface area contributed by atoms with E-state index in [9.17, 15) is 4.79 Å². The lowest BCUT2D eigenvalue weighted by Gasteiger charge is -2.04. The Balaban J connectivity index is 2.01. The summed E-state index contributed by atoms with van der Waals surface area (Å²) in [6.45, 7) is 2.15. The molecule has 8 heteroatoms. The van der Waals surface area contributed by atoms with Gasteiger partial charge in [-0.25, -0.2) is 0 Å². The fourth-order valence-electron chi connectivity index (χ4n) is 1.46. The summed E-state index contributed by atoms with van der Waals surface area (Å²) in [5.41, 5.74) is 0.404. The SMILES string of the molecule is CCCCSc1nnc(NC(=O)c2cc(Br)ccc2Cl)s1. The molecule has 1 amide bonds. The van der Waals surface area contributed by atoms with Gasteiger partial charge in [-0.05, 0) is 24.6 Å². The Morgan fingerprint density at radius 3 is 3.05 bits per heavy atom. The van der Waals surface area contributed by atoms with Crippen molar-refractivity contribution in [1.29, 1.82) is 0 Å². The quantitative estimate of drug-likeness (QED) is 0.412. The molecule has 2 aromatic rings. The fourth-order valence-corrected chi connectivity index (χ4v) is 3.92. The summed E-state index contributed by atoms with van der Waals surface area (Å²) in [5.74, 6) is 0.721. The Bertz CT molecular complexity index is 636. The number of benzene rings is 1. The summed E-state index contributed by atoms with van der Waals surface area (Å²) >= 11 is 12.4. The van der Waals surface area contributed by atoms with Crippen molar-refractivity contribution in [1.82, 2.24) is 10.2 Å². The number of aromatic nitrogens is 2. The van der Waals surface area contributed by atoms with E-state index in [1.807, 2.05) is 0 Å². The van der Waals surface area contributed by atoms with E-state index in [4.69, 9.17) is 11.6 Å². The van der Waals surface area contributed by atoms with Gasteiger partial charge in [-0.2, -0.15) is 0 Å². The van der Waals surface area contributed by atoms with Crippen LogP contribution in [0.2, 0.25) is 5.02 Å². The molecular formula is C13H13BrClN3OS2. The minimum Gasteiger partial charge on any atom is -0.296 e. The molecule has 0 radical (unpaired) electrons. The van der Waals surface area contributed by atoms with Crippen molar-refractivity contribution in [2.45, 2.75) is 24.1 Å². The highest BCUT2D eigenvalue weighted by atomic mass is 79.9. The van der Waals surface area contributed by atoms with Gasteiger partial charge in [-0.15, -0.1) is 10.2 Å². The van der Waals surface area contributed by atoms with Crippen molar-refractivity contribution in [2.24, 2.45) is 0 Å². The Kier molecular flexibility index (Phi) is 6.47. The molecule has 2 rings (SSSR count). The van der Waals surface area contributed by atoms with Gasteiger partial charge < -0.3 is 0 Å². The second kappa shape index (κ2) is 8.12. The molecule has 0 aliphatic rings. The topological polar surface area (TPSA) is 54.9 Å². The zero-order valence-electron chi connectivity index (χ0n) is 11.2. The number of hydrogen-bond donors (Lipinski definition) is 1. The standard InChI is InChI=1S/C13H13BrClN3OS2/c1-2-3-6-20-13-18-17-12(21-13)16-11(19)9-7-8(14)4-5-10(9)15/h4-5,7H,2-3,6H2,1H3,(H,16,17,19). The number of carbonyl (C=O) groups excluding carboxylic acids is 1. The molecule has 0 aliphatic carbocycles. The molecule has 0 unspecified atom stereocenters. The molecule has 0 aliphatic heterocycles. The summed E-state index contributed by atoms with van der Waals surface area (Å²) < 4.78 is 1.66. The maximum absolute atomic E-state index is 12.2. The number of anilines is 1. The lowest BCUT2D eigenvalue weighted by molar-refractivity contribution is 0.102. The van der Waals surface area contributed by atoms with Gasteiger partial charge in [0.15, 0.2) is 4.34 Å². The van der Waals surface area contributed by atoms with E-state index < -0.39 is 0 Å². The number of amides is 1. The Labute approximate surface area is 144 Å². The maximum atomic E-state index is 12.2. The second-order valence-electron chi connectivity index (χ2n) is 4.15. The van der Waals surface area contributed by atoms with Gasteiger partial charge in [0.1, 0.15) is 0 Å². The molecule has 0 spiro atoms. The van der Waals surface area contributed by atoms with Crippen molar-refractivity contribution >= 4 is 61.7 Å². The number of hydrogen-bond acceptors (Lipinski definition) is 5. The average molecular weight is 407 g/mol. The molecule has 0 fully saturated rings. The van der Waals surface area contributed by atoms with Gasteiger partial charge in [-0.1, -0.05) is 64.0 Å². The minimum absolute atomic E-state index is 0.289. The summed E-state index contributed by atoms with van der Waals surface area (Å²) in [5, 5.41) is 11.6. The highest BCUT2D eigenvalue weighted by Gasteiger charge is 2.14. The highest BCUT2D eigenvalue weighted by molar-refractivity contribution is 9.10. The molecule has 1 aromatic heterocycles. The summed E-state index contributed by atoms with van der Waals surface area (Å²) in [7, 11) is 0.